The number of nitrogens with two attached hydrogens (primary N) is 1. The van der Waals surface area contributed by atoms with Crippen molar-refractivity contribution in [1.82, 2.24) is 10.2 Å². The Morgan fingerprint density at radius 3 is 2.67 bits per heavy atom. The minimum absolute atomic E-state index is 0.137. The first-order chi connectivity index (χ1) is 7.18. The standard InChI is InChI=1S/C10H19N3OS/c1-8-6-15-7-10(8,9(11)14)13-4-2-12-3-5-13/h8,12H,2-7H2,1H3,(H2,11,14). The van der Waals surface area contributed by atoms with E-state index in [1.165, 1.54) is 0 Å². The Labute approximate surface area is 94.9 Å². The van der Waals surface area contributed by atoms with Gasteiger partial charge in [0.1, 0.15) is 5.54 Å². The largest absolute Gasteiger partial charge is 0.368 e. The molecule has 86 valence electrons. The number of rotatable bonds is 2. The summed E-state index contributed by atoms with van der Waals surface area (Å²) in [6, 6.07) is 0. The third-order valence-electron chi connectivity index (χ3n) is 3.61. The van der Waals surface area contributed by atoms with Gasteiger partial charge in [-0.1, -0.05) is 6.92 Å². The first kappa shape index (κ1) is 11.2. The summed E-state index contributed by atoms with van der Waals surface area (Å²) in [6.45, 7) is 5.95. The van der Waals surface area contributed by atoms with E-state index in [2.05, 4.69) is 17.1 Å². The maximum Gasteiger partial charge on any atom is 0.239 e. The molecule has 0 bridgehead atoms. The third kappa shape index (κ3) is 1.77. The highest BCUT2D eigenvalue weighted by Crippen LogP contribution is 2.38. The lowest BCUT2D eigenvalue weighted by Gasteiger charge is -2.43. The predicted molar refractivity (Wildman–Crippen MR) is 62.9 cm³/mol. The zero-order valence-corrected chi connectivity index (χ0v) is 9.98. The first-order valence-electron chi connectivity index (χ1n) is 5.51. The van der Waals surface area contributed by atoms with Crippen LogP contribution in [0.5, 0.6) is 0 Å². The highest BCUT2D eigenvalue weighted by atomic mass is 32.2. The Hall–Kier alpha value is -0.260. The monoisotopic (exact) mass is 229 g/mol. The second-order valence-corrected chi connectivity index (χ2v) is 5.47. The maximum atomic E-state index is 11.8. The second-order valence-electron chi connectivity index (χ2n) is 4.44. The zero-order chi connectivity index (χ0) is 10.9. The fourth-order valence-corrected chi connectivity index (χ4v) is 4.28. The van der Waals surface area contributed by atoms with E-state index in [9.17, 15) is 4.79 Å². The van der Waals surface area contributed by atoms with Crippen molar-refractivity contribution < 1.29 is 4.79 Å². The van der Waals surface area contributed by atoms with Crippen LogP contribution in [0, 0.1) is 5.92 Å². The van der Waals surface area contributed by atoms with Gasteiger partial charge in [0, 0.05) is 31.9 Å². The van der Waals surface area contributed by atoms with Crippen molar-refractivity contribution in [3.05, 3.63) is 0 Å². The van der Waals surface area contributed by atoms with Crippen LogP contribution < -0.4 is 11.1 Å². The minimum atomic E-state index is -0.382. The van der Waals surface area contributed by atoms with Gasteiger partial charge in [0.25, 0.3) is 0 Å². The van der Waals surface area contributed by atoms with Crippen molar-refractivity contribution in [2.75, 3.05) is 37.7 Å². The second kappa shape index (κ2) is 4.31. The van der Waals surface area contributed by atoms with E-state index in [1.807, 2.05) is 11.8 Å². The Bertz CT molecular complexity index is 255. The van der Waals surface area contributed by atoms with Crippen LogP contribution in [0.1, 0.15) is 6.92 Å². The molecule has 0 aliphatic carbocycles. The molecular formula is C10H19N3OS. The van der Waals surface area contributed by atoms with Gasteiger partial charge in [-0.2, -0.15) is 11.8 Å². The van der Waals surface area contributed by atoms with Crippen LogP contribution in [0.25, 0.3) is 0 Å². The lowest BCUT2D eigenvalue weighted by molar-refractivity contribution is -0.131. The Morgan fingerprint density at radius 2 is 2.20 bits per heavy atom. The fourth-order valence-electron chi connectivity index (χ4n) is 2.61. The Morgan fingerprint density at radius 1 is 1.53 bits per heavy atom. The fraction of sp³-hybridized carbons (Fsp3) is 0.900. The third-order valence-corrected chi connectivity index (χ3v) is 4.99. The molecule has 1 amide bonds. The molecule has 2 rings (SSSR count). The summed E-state index contributed by atoms with van der Waals surface area (Å²) in [6.07, 6.45) is 0. The average Bonchev–Trinajstić information content (AvgIpc) is 2.62. The Kier molecular flexibility index (Phi) is 3.23. The number of nitrogens with one attached hydrogen (secondary N) is 1. The van der Waals surface area contributed by atoms with E-state index in [0.29, 0.717) is 5.92 Å². The molecule has 0 saturated carbocycles. The molecule has 0 radical (unpaired) electrons. The number of nitrogens with zero attached hydrogens (tertiary/aromatic N) is 1. The summed E-state index contributed by atoms with van der Waals surface area (Å²) in [5.74, 6) is 2.15. The number of primary amides is 1. The Balaban J connectivity index is 2.21. The lowest BCUT2D eigenvalue weighted by Crippen LogP contribution is -2.65. The molecule has 0 spiro atoms. The van der Waals surface area contributed by atoms with E-state index >= 15 is 0 Å². The van der Waals surface area contributed by atoms with Crippen molar-refractivity contribution in [3.63, 3.8) is 0 Å². The number of piperazine rings is 1. The van der Waals surface area contributed by atoms with Gasteiger partial charge < -0.3 is 11.1 Å². The van der Waals surface area contributed by atoms with Crippen molar-refractivity contribution in [3.8, 4) is 0 Å². The van der Waals surface area contributed by atoms with Gasteiger partial charge in [-0.15, -0.1) is 0 Å². The lowest BCUT2D eigenvalue weighted by atomic mass is 9.85. The van der Waals surface area contributed by atoms with E-state index in [-0.39, 0.29) is 11.4 Å². The summed E-state index contributed by atoms with van der Waals surface area (Å²) in [4.78, 5) is 14.1. The molecule has 2 fully saturated rings. The van der Waals surface area contributed by atoms with E-state index in [1.54, 1.807) is 0 Å². The van der Waals surface area contributed by atoms with Crippen LogP contribution in [0.15, 0.2) is 0 Å². The van der Waals surface area contributed by atoms with Gasteiger partial charge in [-0.05, 0) is 11.7 Å². The van der Waals surface area contributed by atoms with Gasteiger partial charge in [0.15, 0.2) is 0 Å². The highest BCUT2D eigenvalue weighted by molar-refractivity contribution is 7.99. The van der Waals surface area contributed by atoms with Crippen LogP contribution in [0.4, 0.5) is 0 Å². The van der Waals surface area contributed by atoms with Crippen LogP contribution in [-0.4, -0.2) is 54.0 Å². The minimum Gasteiger partial charge on any atom is -0.368 e. The van der Waals surface area contributed by atoms with Crippen LogP contribution in [0.2, 0.25) is 0 Å². The van der Waals surface area contributed by atoms with Gasteiger partial charge in [-0.25, -0.2) is 0 Å². The number of carbonyl (C=O) groups excluding carboxylic acids is 1. The summed E-state index contributed by atoms with van der Waals surface area (Å²) in [5, 5.41) is 3.31. The van der Waals surface area contributed by atoms with E-state index in [4.69, 9.17) is 5.73 Å². The van der Waals surface area contributed by atoms with Gasteiger partial charge in [0.2, 0.25) is 5.91 Å². The summed E-state index contributed by atoms with van der Waals surface area (Å²) in [7, 11) is 0. The average molecular weight is 229 g/mol. The molecule has 3 N–H and O–H groups in total. The quantitative estimate of drug-likeness (QED) is 0.670. The van der Waals surface area contributed by atoms with Gasteiger partial charge >= 0.3 is 0 Å². The predicted octanol–water partition coefficient (Wildman–Crippen LogP) is -0.501. The highest BCUT2D eigenvalue weighted by Gasteiger charge is 2.50. The first-order valence-corrected chi connectivity index (χ1v) is 6.67. The molecule has 4 nitrogen and oxygen atoms in total. The number of amides is 1. The van der Waals surface area contributed by atoms with Crippen LogP contribution >= 0.6 is 11.8 Å². The molecule has 2 atom stereocenters. The molecule has 0 aromatic rings. The van der Waals surface area contributed by atoms with Crippen molar-refractivity contribution >= 4 is 17.7 Å². The van der Waals surface area contributed by atoms with E-state index < -0.39 is 0 Å². The molecular weight excluding hydrogens is 210 g/mol. The van der Waals surface area contributed by atoms with Crippen molar-refractivity contribution in [1.29, 1.82) is 0 Å². The molecule has 0 aromatic heterocycles. The zero-order valence-electron chi connectivity index (χ0n) is 9.16. The molecule has 5 heteroatoms. The SMILES string of the molecule is CC1CSCC1(C(N)=O)N1CCNCC1. The molecule has 2 unspecified atom stereocenters. The maximum absolute atomic E-state index is 11.8. The van der Waals surface area contributed by atoms with E-state index in [0.717, 1.165) is 37.7 Å². The number of thioether (sulfide) groups is 1. The molecule has 2 heterocycles. The molecule has 0 aromatic carbocycles. The topological polar surface area (TPSA) is 58.4 Å². The van der Waals surface area contributed by atoms with Gasteiger partial charge in [0.05, 0.1) is 0 Å². The molecule has 2 aliphatic heterocycles. The molecule has 2 aliphatic rings. The van der Waals surface area contributed by atoms with Crippen molar-refractivity contribution in [2.24, 2.45) is 11.7 Å². The number of carbonyl (C=O) groups is 1. The number of hydrogen-bond donors (Lipinski definition) is 2. The molecule has 2 saturated heterocycles. The normalized spacial score (nSPS) is 38.1. The molecule has 15 heavy (non-hydrogen) atoms. The van der Waals surface area contributed by atoms with Crippen LogP contribution in [0.3, 0.4) is 0 Å². The van der Waals surface area contributed by atoms with Crippen LogP contribution in [-0.2, 0) is 4.79 Å². The smallest absolute Gasteiger partial charge is 0.239 e. The summed E-state index contributed by atoms with van der Waals surface area (Å²) < 4.78 is 0. The van der Waals surface area contributed by atoms with Crippen molar-refractivity contribution in [2.45, 2.75) is 12.5 Å². The summed E-state index contributed by atoms with van der Waals surface area (Å²) >= 11 is 1.85. The van der Waals surface area contributed by atoms with Gasteiger partial charge in [-0.3, -0.25) is 9.69 Å². The number of hydrogen-bond acceptors (Lipinski definition) is 4. The summed E-state index contributed by atoms with van der Waals surface area (Å²) in [5.41, 5.74) is 5.26.